The summed E-state index contributed by atoms with van der Waals surface area (Å²) in [5.74, 6) is -0.190. The van der Waals surface area contributed by atoms with Crippen LogP contribution in [0.4, 0.5) is 5.13 Å². The van der Waals surface area contributed by atoms with Crippen molar-refractivity contribution in [3.63, 3.8) is 0 Å². The maximum Gasteiger partial charge on any atom is 0.270 e. The van der Waals surface area contributed by atoms with E-state index in [2.05, 4.69) is 15.3 Å². The zero-order valence-electron chi connectivity index (χ0n) is 9.27. The molecule has 1 amide bonds. The highest BCUT2D eigenvalue weighted by Gasteiger charge is 2.08. The Balaban J connectivity index is 1.81. The molecule has 0 fully saturated rings. The number of nitrogens with one attached hydrogen (secondary N) is 1. The molecule has 0 aliphatic heterocycles. The van der Waals surface area contributed by atoms with Gasteiger partial charge in [0.2, 0.25) is 0 Å². The van der Waals surface area contributed by atoms with Gasteiger partial charge in [0.15, 0.2) is 5.13 Å². The number of thiazole rings is 2. The molecule has 0 radical (unpaired) electrons. The smallest absolute Gasteiger partial charge is 0.270 e. The SMILES string of the molecule is Cc1nc(CCNC(=O)c2csc(N)n2)cs1. The molecule has 5 nitrogen and oxygen atoms in total. The van der Waals surface area contributed by atoms with Crippen molar-refractivity contribution < 1.29 is 4.79 Å². The fourth-order valence-corrected chi connectivity index (χ4v) is 2.50. The van der Waals surface area contributed by atoms with E-state index >= 15 is 0 Å². The summed E-state index contributed by atoms with van der Waals surface area (Å²) in [6.07, 6.45) is 0.732. The van der Waals surface area contributed by atoms with Gasteiger partial charge >= 0.3 is 0 Å². The molecule has 2 rings (SSSR count). The van der Waals surface area contributed by atoms with Crippen LogP contribution in [0.15, 0.2) is 10.8 Å². The minimum absolute atomic E-state index is 0.190. The first-order chi connectivity index (χ1) is 8.15. The normalized spacial score (nSPS) is 10.4. The van der Waals surface area contributed by atoms with E-state index in [-0.39, 0.29) is 5.91 Å². The number of rotatable bonds is 4. The summed E-state index contributed by atoms with van der Waals surface area (Å²) in [6, 6.07) is 0. The number of hydrogen-bond donors (Lipinski definition) is 2. The number of nitrogen functional groups attached to an aromatic ring is 1. The van der Waals surface area contributed by atoms with Gasteiger partial charge in [-0.25, -0.2) is 9.97 Å². The summed E-state index contributed by atoms with van der Waals surface area (Å²) in [4.78, 5) is 19.8. The van der Waals surface area contributed by atoms with Crippen LogP contribution < -0.4 is 11.1 Å². The molecule has 2 heterocycles. The van der Waals surface area contributed by atoms with E-state index in [0.29, 0.717) is 17.4 Å². The number of hydrogen-bond acceptors (Lipinski definition) is 6. The molecule has 7 heteroatoms. The lowest BCUT2D eigenvalue weighted by Crippen LogP contribution is -2.26. The molecule has 2 aromatic heterocycles. The van der Waals surface area contributed by atoms with Crippen molar-refractivity contribution in [1.82, 2.24) is 15.3 Å². The average Bonchev–Trinajstić information content (AvgIpc) is 2.88. The summed E-state index contributed by atoms with van der Waals surface area (Å²) < 4.78 is 0. The predicted octanol–water partition coefficient (Wildman–Crippen LogP) is 1.46. The number of carbonyl (C=O) groups excluding carboxylic acids is 1. The van der Waals surface area contributed by atoms with Gasteiger partial charge in [0, 0.05) is 23.7 Å². The molecule has 3 N–H and O–H groups in total. The van der Waals surface area contributed by atoms with E-state index in [1.54, 1.807) is 16.7 Å². The van der Waals surface area contributed by atoms with E-state index in [9.17, 15) is 4.79 Å². The van der Waals surface area contributed by atoms with Crippen molar-refractivity contribution >= 4 is 33.7 Å². The first-order valence-corrected chi connectivity index (χ1v) is 6.81. The summed E-state index contributed by atoms with van der Waals surface area (Å²) in [5.41, 5.74) is 6.84. The Kier molecular flexibility index (Phi) is 3.70. The minimum Gasteiger partial charge on any atom is -0.375 e. The maximum absolute atomic E-state index is 11.6. The Morgan fingerprint density at radius 3 is 2.82 bits per heavy atom. The second kappa shape index (κ2) is 5.24. The van der Waals surface area contributed by atoms with Crippen LogP contribution in [0.25, 0.3) is 0 Å². The Hall–Kier alpha value is -1.47. The molecule has 0 saturated heterocycles. The Morgan fingerprint density at radius 2 is 2.24 bits per heavy atom. The molecule has 0 unspecified atom stereocenters. The Labute approximate surface area is 107 Å². The van der Waals surface area contributed by atoms with Crippen molar-refractivity contribution in [2.75, 3.05) is 12.3 Å². The molecule has 0 aliphatic carbocycles. The third-order valence-electron chi connectivity index (χ3n) is 2.09. The zero-order valence-corrected chi connectivity index (χ0v) is 10.9. The van der Waals surface area contributed by atoms with Crippen molar-refractivity contribution in [3.8, 4) is 0 Å². The molecule has 2 aromatic rings. The quantitative estimate of drug-likeness (QED) is 0.879. The number of nitrogens with zero attached hydrogens (tertiary/aromatic N) is 2. The van der Waals surface area contributed by atoms with Crippen LogP contribution in [-0.2, 0) is 6.42 Å². The lowest BCUT2D eigenvalue weighted by Gasteiger charge is -2.00. The van der Waals surface area contributed by atoms with Crippen LogP contribution in [0.1, 0.15) is 21.2 Å². The second-order valence-electron chi connectivity index (χ2n) is 3.43. The Bertz CT molecular complexity index is 520. The third-order valence-corrected chi connectivity index (χ3v) is 3.58. The van der Waals surface area contributed by atoms with Gasteiger partial charge < -0.3 is 11.1 Å². The van der Waals surface area contributed by atoms with E-state index in [0.717, 1.165) is 17.1 Å². The molecular formula is C10H12N4OS2. The lowest BCUT2D eigenvalue weighted by atomic mass is 10.3. The van der Waals surface area contributed by atoms with Crippen LogP contribution in [0.2, 0.25) is 0 Å². The van der Waals surface area contributed by atoms with Gasteiger partial charge in [0.25, 0.3) is 5.91 Å². The van der Waals surface area contributed by atoms with Crippen molar-refractivity contribution in [2.24, 2.45) is 0 Å². The van der Waals surface area contributed by atoms with Crippen LogP contribution in [0.5, 0.6) is 0 Å². The van der Waals surface area contributed by atoms with Crippen molar-refractivity contribution in [2.45, 2.75) is 13.3 Å². The largest absolute Gasteiger partial charge is 0.375 e. The first-order valence-electron chi connectivity index (χ1n) is 5.05. The number of nitrogens with two attached hydrogens (primary N) is 1. The lowest BCUT2D eigenvalue weighted by molar-refractivity contribution is 0.0950. The second-order valence-corrected chi connectivity index (χ2v) is 5.39. The number of amides is 1. The number of aromatic nitrogens is 2. The summed E-state index contributed by atoms with van der Waals surface area (Å²) >= 11 is 2.87. The number of carbonyl (C=O) groups is 1. The van der Waals surface area contributed by atoms with Crippen LogP contribution in [0, 0.1) is 6.92 Å². The summed E-state index contributed by atoms with van der Waals surface area (Å²) in [5, 5.41) is 7.89. The van der Waals surface area contributed by atoms with Gasteiger partial charge in [-0.15, -0.1) is 22.7 Å². The van der Waals surface area contributed by atoms with Crippen molar-refractivity contribution in [1.29, 1.82) is 0 Å². The van der Waals surface area contributed by atoms with E-state index in [1.807, 2.05) is 12.3 Å². The highest BCUT2D eigenvalue weighted by atomic mass is 32.1. The van der Waals surface area contributed by atoms with Crippen LogP contribution in [-0.4, -0.2) is 22.4 Å². The predicted molar refractivity (Wildman–Crippen MR) is 69.4 cm³/mol. The Morgan fingerprint density at radius 1 is 1.41 bits per heavy atom. The van der Waals surface area contributed by atoms with E-state index < -0.39 is 0 Å². The molecule has 0 atom stereocenters. The molecule has 90 valence electrons. The van der Waals surface area contributed by atoms with E-state index in [4.69, 9.17) is 5.73 Å². The highest BCUT2D eigenvalue weighted by Crippen LogP contribution is 2.11. The zero-order chi connectivity index (χ0) is 12.3. The van der Waals surface area contributed by atoms with Gasteiger partial charge in [-0.3, -0.25) is 4.79 Å². The molecule has 0 bridgehead atoms. The van der Waals surface area contributed by atoms with Crippen molar-refractivity contribution in [3.05, 3.63) is 27.2 Å². The molecule has 0 aromatic carbocycles. The minimum atomic E-state index is -0.190. The van der Waals surface area contributed by atoms with Gasteiger partial charge in [-0.1, -0.05) is 0 Å². The van der Waals surface area contributed by atoms with Gasteiger partial charge in [0.1, 0.15) is 5.69 Å². The monoisotopic (exact) mass is 268 g/mol. The average molecular weight is 268 g/mol. The summed E-state index contributed by atoms with van der Waals surface area (Å²) in [6.45, 7) is 2.52. The standard InChI is InChI=1S/C10H12N4OS2/c1-6-13-7(4-16-6)2-3-12-9(15)8-5-17-10(11)14-8/h4-5H,2-3H2,1H3,(H2,11,14)(H,12,15). The van der Waals surface area contributed by atoms with Crippen LogP contribution >= 0.6 is 22.7 Å². The van der Waals surface area contributed by atoms with Gasteiger partial charge in [-0.05, 0) is 6.92 Å². The summed E-state index contributed by atoms with van der Waals surface area (Å²) in [7, 11) is 0. The van der Waals surface area contributed by atoms with Crippen LogP contribution in [0.3, 0.4) is 0 Å². The fraction of sp³-hybridized carbons (Fsp3) is 0.300. The topological polar surface area (TPSA) is 80.9 Å². The highest BCUT2D eigenvalue weighted by molar-refractivity contribution is 7.13. The van der Waals surface area contributed by atoms with Gasteiger partial charge in [-0.2, -0.15) is 0 Å². The number of aryl methyl sites for hydroxylation is 1. The maximum atomic E-state index is 11.6. The molecule has 0 saturated carbocycles. The molecule has 0 spiro atoms. The molecule has 17 heavy (non-hydrogen) atoms. The third kappa shape index (κ3) is 3.24. The molecular weight excluding hydrogens is 256 g/mol. The molecule has 0 aliphatic rings. The van der Waals surface area contributed by atoms with Gasteiger partial charge in [0.05, 0.1) is 10.7 Å². The first kappa shape index (κ1) is 12.0. The number of anilines is 1. The van der Waals surface area contributed by atoms with E-state index in [1.165, 1.54) is 11.3 Å². The fourth-order valence-electron chi connectivity index (χ4n) is 1.31.